The predicted octanol–water partition coefficient (Wildman–Crippen LogP) is 0.531. The number of piperazine rings is 1. The third-order valence-corrected chi connectivity index (χ3v) is 3.98. The van der Waals surface area contributed by atoms with Crippen molar-refractivity contribution in [3.8, 4) is 0 Å². The Hall–Kier alpha value is -2.08. The zero-order valence-corrected chi connectivity index (χ0v) is 14.0. The number of carbonyl (C=O) groups is 2. The molecule has 1 fully saturated rings. The first kappa shape index (κ1) is 17.3. The summed E-state index contributed by atoms with van der Waals surface area (Å²) >= 11 is 0. The molecule has 0 unspecified atom stereocenters. The minimum Gasteiger partial charge on any atom is -0.394 e. The molecular formula is C17H25N3O3. The molecule has 0 saturated carbocycles. The number of nitrogens with zero attached hydrogens (tertiary/aromatic N) is 2. The van der Waals surface area contributed by atoms with Gasteiger partial charge in [-0.15, -0.1) is 0 Å². The van der Waals surface area contributed by atoms with E-state index in [9.17, 15) is 14.7 Å². The van der Waals surface area contributed by atoms with Crippen LogP contribution in [-0.4, -0.2) is 60.1 Å². The number of rotatable bonds is 3. The lowest BCUT2D eigenvalue weighted by molar-refractivity contribution is -0.147. The zero-order chi connectivity index (χ0) is 17.0. The van der Waals surface area contributed by atoms with E-state index in [1.54, 1.807) is 18.7 Å². The van der Waals surface area contributed by atoms with E-state index in [0.29, 0.717) is 26.2 Å². The Balaban J connectivity index is 1.91. The highest BCUT2D eigenvalue weighted by Gasteiger charge is 2.29. The van der Waals surface area contributed by atoms with Crippen molar-refractivity contribution < 1.29 is 14.7 Å². The van der Waals surface area contributed by atoms with Crippen molar-refractivity contribution >= 4 is 17.5 Å². The van der Waals surface area contributed by atoms with Gasteiger partial charge in [0.1, 0.15) is 0 Å². The summed E-state index contributed by atoms with van der Waals surface area (Å²) in [4.78, 5) is 28.0. The molecule has 2 rings (SSSR count). The maximum Gasteiger partial charge on any atom is 0.312 e. The summed E-state index contributed by atoms with van der Waals surface area (Å²) in [7, 11) is 0. The summed E-state index contributed by atoms with van der Waals surface area (Å²) in [5.41, 5.74) is 1.55. The smallest absolute Gasteiger partial charge is 0.312 e. The van der Waals surface area contributed by atoms with E-state index >= 15 is 0 Å². The summed E-state index contributed by atoms with van der Waals surface area (Å²) in [6.07, 6.45) is 0. The standard InChI is InChI=1S/C17H25N3O3/c1-13-5-4-6-14(11-13)19-7-9-20(10-8-19)16(23)15(22)18-17(2,3)12-21/h4-6,11,21H,7-10,12H2,1-3H3,(H,18,22). The Bertz CT molecular complexity index is 578. The average molecular weight is 319 g/mol. The molecule has 1 aromatic carbocycles. The van der Waals surface area contributed by atoms with Crippen LogP contribution in [0.25, 0.3) is 0 Å². The monoisotopic (exact) mass is 319 g/mol. The zero-order valence-electron chi connectivity index (χ0n) is 14.0. The van der Waals surface area contributed by atoms with Crippen molar-refractivity contribution in [2.24, 2.45) is 0 Å². The van der Waals surface area contributed by atoms with Crippen LogP contribution in [0, 0.1) is 6.92 Å². The fourth-order valence-electron chi connectivity index (χ4n) is 2.54. The number of hydrogen-bond acceptors (Lipinski definition) is 4. The van der Waals surface area contributed by atoms with Crippen molar-refractivity contribution in [1.82, 2.24) is 10.2 Å². The van der Waals surface area contributed by atoms with Gasteiger partial charge in [0.2, 0.25) is 0 Å². The van der Waals surface area contributed by atoms with Gasteiger partial charge in [0, 0.05) is 31.9 Å². The second-order valence-corrected chi connectivity index (χ2v) is 6.61. The average Bonchev–Trinajstić information content (AvgIpc) is 2.54. The van der Waals surface area contributed by atoms with E-state index in [1.807, 2.05) is 6.07 Å². The SMILES string of the molecule is Cc1cccc(N2CCN(C(=O)C(=O)NC(C)(C)CO)CC2)c1. The van der Waals surface area contributed by atoms with E-state index < -0.39 is 17.4 Å². The van der Waals surface area contributed by atoms with Gasteiger partial charge in [0.05, 0.1) is 12.1 Å². The van der Waals surface area contributed by atoms with E-state index in [1.165, 1.54) is 5.56 Å². The van der Waals surface area contributed by atoms with Crippen LogP contribution in [0.4, 0.5) is 5.69 Å². The van der Waals surface area contributed by atoms with E-state index in [-0.39, 0.29) is 6.61 Å². The van der Waals surface area contributed by atoms with Gasteiger partial charge in [-0.25, -0.2) is 0 Å². The number of benzene rings is 1. The lowest BCUT2D eigenvalue weighted by Crippen LogP contribution is -2.56. The van der Waals surface area contributed by atoms with E-state index in [0.717, 1.165) is 5.69 Å². The van der Waals surface area contributed by atoms with Gasteiger partial charge in [-0.05, 0) is 38.5 Å². The van der Waals surface area contributed by atoms with Crippen molar-refractivity contribution in [3.05, 3.63) is 29.8 Å². The van der Waals surface area contributed by atoms with Crippen LogP contribution >= 0.6 is 0 Å². The minimum atomic E-state index is -0.796. The molecule has 6 heteroatoms. The first-order valence-corrected chi connectivity index (χ1v) is 7.86. The lowest BCUT2D eigenvalue weighted by Gasteiger charge is -2.36. The van der Waals surface area contributed by atoms with E-state index in [4.69, 9.17) is 0 Å². The summed E-state index contributed by atoms with van der Waals surface area (Å²) < 4.78 is 0. The first-order chi connectivity index (χ1) is 10.8. The molecule has 0 aromatic heterocycles. The second kappa shape index (κ2) is 7.00. The van der Waals surface area contributed by atoms with Crippen molar-refractivity contribution in [3.63, 3.8) is 0 Å². The summed E-state index contributed by atoms with van der Waals surface area (Å²) in [5, 5.41) is 11.7. The Morgan fingerprint density at radius 2 is 1.87 bits per heavy atom. The van der Waals surface area contributed by atoms with E-state index in [2.05, 4.69) is 35.3 Å². The number of aliphatic hydroxyl groups is 1. The Kier molecular flexibility index (Phi) is 5.26. The van der Waals surface area contributed by atoms with Crippen LogP contribution in [0.1, 0.15) is 19.4 Å². The molecule has 0 radical (unpaired) electrons. The number of nitrogens with one attached hydrogen (secondary N) is 1. The minimum absolute atomic E-state index is 0.215. The third kappa shape index (κ3) is 4.45. The number of carbonyl (C=O) groups excluding carboxylic acids is 2. The number of anilines is 1. The molecule has 1 aliphatic heterocycles. The largest absolute Gasteiger partial charge is 0.394 e. The number of aliphatic hydroxyl groups excluding tert-OH is 1. The molecule has 6 nitrogen and oxygen atoms in total. The molecule has 0 bridgehead atoms. The second-order valence-electron chi connectivity index (χ2n) is 6.61. The molecule has 1 heterocycles. The van der Waals surface area contributed by atoms with Crippen LogP contribution in [0.3, 0.4) is 0 Å². The van der Waals surface area contributed by atoms with Crippen molar-refractivity contribution in [2.75, 3.05) is 37.7 Å². The quantitative estimate of drug-likeness (QED) is 0.797. The lowest BCUT2D eigenvalue weighted by atomic mass is 10.1. The predicted molar refractivity (Wildman–Crippen MR) is 89.3 cm³/mol. The van der Waals surface area contributed by atoms with Crippen LogP contribution in [0.2, 0.25) is 0 Å². The fraction of sp³-hybridized carbons (Fsp3) is 0.529. The van der Waals surface area contributed by atoms with Crippen LogP contribution in [0.15, 0.2) is 24.3 Å². The molecule has 0 aliphatic carbocycles. The van der Waals surface area contributed by atoms with Gasteiger partial charge in [-0.2, -0.15) is 0 Å². The molecule has 1 aliphatic rings. The van der Waals surface area contributed by atoms with Gasteiger partial charge < -0.3 is 20.2 Å². The molecule has 126 valence electrons. The number of hydrogen-bond donors (Lipinski definition) is 2. The Labute approximate surface area is 137 Å². The highest BCUT2D eigenvalue weighted by atomic mass is 16.3. The van der Waals surface area contributed by atoms with Crippen LogP contribution < -0.4 is 10.2 Å². The van der Waals surface area contributed by atoms with Crippen molar-refractivity contribution in [2.45, 2.75) is 26.3 Å². The molecule has 0 atom stereocenters. The Morgan fingerprint density at radius 1 is 1.22 bits per heavy atom. The van der Waals surface area contributed by atoms with Gasteiger partial charge in [0.15, 0.2) is 0 Å². The fourth-order valence-corrected chi connectivity index (χ4v) is 2.54. The molecular weight excluding hydrogens is 294 g/mol. The molecule has 1 saturated heterocycles. The maximum atomic E-state index is 12.2. The summed E-state index contributed by atoms with van der Waals surface area (Å²) in [6.45, 7) is 7.61. The first-order valence-electron chi connectivity index (χ1n) is 7.86. The highest BCUT2D eigenvalue weighted by molar-refractivity contribution is 6.35. The Morgan fingerprint density at radius 3 is 2.43 bits per heavy atom. The summed E-state index contributed by atoms with van der Waals surface area (Å²) in [5.74, 6) is -1.19. The van der Waals surface area contributed by atoms with Gasteiger partial charge in [-0.1, -0.05) is 12.1 Å². The van der Waals surface area contributed by atoms with Gasteiger partial charge >= 0.3 is 11.8 Å². The maximum absolute atomic E-state index is 12.2. The highest BCUT2D eigenvalue weighted by Crippen LogP contribution is 2.17. The molecule has 0 spiro atoms. The molecule has 1 aromatic rings. The summed E-state index contributed by atoms with van der Waals surface area (Å²) in [6, 6.07) is 8.25. The molecule has 2 amide bonds. The number of aryl methyl sites for hydroxylation is 1. The van der Waals surface area contributed by atoms with Gasteiger partial charge in [0.25, 0.3) is 0 Å². The number of amides is 2. The van der Waals surface area contributed by atoms with Crippen LogP contribution in [-0.2, 0) is 9.59 Å². The third-order valence-electron chi connectivity index (χ3n) is 3.98. The normalized spacial score (nSPS) is 15.5. The van der Waals surface area contributed by atoms with Crippen LogP contribution in [0.5, 0.6) is 0 Å². The van der Waals surface area contributed by atoms with Gasteiger partial charge in [-0.3, -0.25) is 9.59 Å². The topological polar surface area (TPSA) is 72.9 Å². The van der Waals surface area contributed by atoms with Crippen molar-refractivity contribution in [1.29, 1.82) is 0 Å². The molecule has 23 heavy (non-hydrogen) atoms. The molecule has 2 N–H and O–H groups in total.